The molecule has 1 atom stereocenters. The topological polar surface area (TPSA) is 84.3 Å². The lowest BCUT2D eigenvalue weighted by Gasteiger charge is -2.24. The van der Waals surface area contributed by atoms with Crippen molar-refractivity contribution in [1.82, 2.24) is 20.0 Å². The second-order valence-electron chi connectivity index (χ2n) is 9.39. The molecule has 0 bridgehead atoms. The number of hydrogen-bond donors (Lipinski definition) is 1. The predicted molar refractivity (Wildman–Crippen MR) is 137 cm³/mol. The first-order chi connectivity index (χ1) is 18.4. The number of aryl methyl sites for hydroxylation is 2. The zero-order valence-corrected chi connectivity index (χ0v) is 20.9. The Balaban J connectivity index is 1.28. The van der Waals surface area contributed by atoms with E-state index in [0.29, 0.717) is 45.8 Å². The van der Waals surface area contributed by atoms with Crippen molar-refractivity contribution in [3.8, 4) is 11.3 Å². The highest BCUT2D eigenvalue weighted by atomic mass is 32.1. The Bertz CT molecular complexity index is 1560. The Hall–Kier alpha value is -4.18. The number of nitrogens with zero attached hydrogens (tertiary/aromatic N) is 3. The van der Waals surface area contributed by atoms with Crippen molar-refractivity contribution in [2.24, 2.45) is 0 Å². The predicted octanol–water partition coefficient (Wildman–Crippen LogP) is 4.47. The number of benzene rings is 2. The van der Waals surface area contributed by atoms with Crippen LogP contribution in [-0.2, 0) is 19.4 Å². The number of nitrogens with one attached hydrogen (secondary N) is 1. The maximum atomic E-state index is 14.5. The van der Waals surface area contributed by atoms with E-state index in [-0.39, 0.29) is 13.0 Å². The van der Waals surface area contributed by atoms with Gasteiger partial charge < -0.3 is 5.32 Å². The third-order valence-corrected chi connectivity index (χ3v) is 8.04. The van der Waals surface area contributed by atoms with E-state index >= 15 is 0 Å². The Labute approximate surface area is 220 Å². The molecule has 0 saturated carbocycles. The van der Waals surface area contributed by atoms with Crippen LogP contribution in [0.4, 0.5) is 8.78 Å². The molecular weight excluding hydrogens is 510 g/mol. The van der Waals surface area contributed by atoms with Crippen LogP contribution in [0.1, 0.15) is 47.2 Å². The van der Waals surface area contributed by atoms with Gasteiger partial charge in [0.25, 0.3) is 17.7 Å². The number of amides is 3. The Morgan fingerprint density at radius 3 is 2.53 bits per heavy atom. The van der Waals surface area contributed by atoms with Crippen LogP contribution < -0.4 is 5.32 Å². The number of thiophene rings is 1. The lowest BCUT2D eigenvalue weighted by Crippen LogP contribution is -2.46. The average Bonchev–Trinajstić information content (AvgIpc) is 3.51. The summed E-state index contributed by atoms with van der Waals surface area (Å²) in [5.74, 6) is -2.14. The fourth-order valence-corrected chi connectivity index (χ4v) is 6.21. The molecule has 2 aliphatic heterocycles. The van der Waals surface area contributed by atoms with E-state index in [1.807, 2.05) is 0 Å². The second kappa shape index (κ2) is 9.60. The Morgan fingerprint density at radius 1 is 1.03 bits per heavy atom. The molecule has 6 rings (SSSR count). The third kappa shape index (κ3) is 4.30. The fraction of sp³-hybridized carbons (Fsp3) is 0.214. The lowest BCUT2D eigenvalue weighted by molar-refractivity contribution is 0.0629. The van der Waals surface area contributed by atoms with E-state index in [1.54, 1.807) is 47.1 Å². The van der Waals surface area contributed by atoms with Gasteiger partial charge in [-0.2, -0.15) is 5.10 Å². The van der Waals surface area contributed by atoms with E-state index < -0.39 is 35.4 Å². The number of rotatable bonds is 6. The van der Waals surface area contributed by atoms with Gasteiger partial charge >= 0.3 is 0 Å². The highest BCUT2D eigenvalue weighted by molar-refractivity contribution is 7.14. The summed E-state index contributed by atoms with van der Waals surface area (Å²) in [5, 5.41) is 7.05. The Morgan fingerprint density at radius 2 is 1.79 bits per heavy atom. The summed E-state index contributed by atoms with van der Waals surface area (Å²) < 4.78 is 30.0. The average molecular weight is 533 g/mol. The fourth-order valence-electron chi connectivity index (χ4n) is 5.11. The first kappa shape index (κ1) is 24.2. The minimum Gasteiger partial charge on any atom is -0.346 e. The minimum atomic E-state index is -0.685. The number of hydrogen-bond acceptors (Lipinski definition) is 5. The minimum absolute atomic E-state index is 0.0823. The SMILES string of the molecule is O=C(N[C@@H](Cc1cccc(F)c1)CN1C(=O)c2ccccc2C1=O)c1cc2c(s1)CCCn1ncc(F)c1-2. The van der Waals surface area contributed by atoms with Crippen LogP contribution >= 0.6 is 11.3 Å². The molecule has 1 N–H and O–H groups in total. The van der Waals surface area contributed by atoms with Gasteiger partial charge in [-0.15, -0.1) is 11.3 Å². The maximum absolute atomic E-state index is 14.5. The lowest BCUT2D eigenvalue weighted by atomic mass is 10.0. The summed E-state index contributed by atoms with van der Waals surface area (Å²) in [4.78, 5) is 41.8. The molecule has 4 aromatic rings. The van der Waals surface area contributed by atoms with Crippen LogP contribution in [0.2, 0.25) is 0 Å². The van der Waals surface area contributed by atoms with Crippen LogP contribution in [0.15, 0.2) is 60.8 Å². The van der Waals surface area contributed by atoms with Crippen LogP contribution in [0.25, 0.3) is 11.3 Å². The molecule has 7 nitrogen and oxygen atoms in total. The van der Waals surface area contributed by atoms with Crippen molar-refractivity contribution >= 4 is 29.1 Å². The summed E-state index contributed by atoms with van der Waals surface area (Å²) in [6.07, 6.45) is 2.84. The summed E-state index contributed by atoms with van der Waals surface area (Å²) >= 11 is 1.29. The van der Waals surface area contributed by atoms with Crippen LogP contribution in [-0.4, -0.2) is 45.0 Å². The molecule has 10 heteroatoms. The number of carbonyl (C=O) groups excluding carboxylic acids is 3. The molecule has 38 heavy (non-hydrogen) atoms. The number of halogens is 2. The molecule has 2 aliphatic rings. The summed E-state index contributed by atoms with van der Waals surface area (Å²) in [6.45, 7) is 0.513. The molecular formula is C28H22F2N4O3S. The second-order valence-corrected chi connectivity index (χ2v) is 10.5. The molecule has 3 amide bonds. The zero-order chi connectivity index (χ0) is 26.4. The van der Waals surface area contributed by atoms with Crippen molar-refractivity contribution in [3.63, 3.8) is 0 Å². The van der Waals surface area contributed by atoms with Crippen molar-refractivity contribution < 1.29 is 23.2 Å². The zero-order valence-electron chi connectivity index (χ0n) is 20.1. The summed E-state index contributed by atoms with van der Waals surface area (Å²) in [6, 6.07) is 13.5. The molecule has 0 saturated heterocycles. The molecule has 0 unspecified atom stereocenters. The van der Waals surface area contributed by atoms with Gasteiger partial charge in [0.05, 0.1) is 28.2 Å². The monoisotopic (exact) mass is 532 g/mol. The third-order valence-electron chi connectivity index (χ3n) is 6.84. The van der Waals surface area contributed by atoms with Gasteiger partial charge in [0.1, 0.15) is 11.5 Å². The highest BCUT2D eigenvalue weighted by Crippen LogP contribution is 2.36. The number of fused-ring (bicyclic) bond motifs is 4. The molecule has 4 heterocycles. The normalized spacial score (nSPS) is 15.1. The van der Waals surface area contributed by atoms with Gasteiger partial charge in [-0.25, -0.2) is 8.78 Å². The van der Waals surface area contributed by atoms with Gasteiger partial charge in [-0.1, -0.05) is 24.3 Å². The number of carbonyl (C=O) groups is 3. The van der Waals surface area contributed by atoms with Gasteiger partial charge in [0.15, 0.2) is 5.82 Å². The van der Waals surface area contributed by atoms with E-state index in [1.165, 1.54) is 29.7 Å². The molecule has 0 spiro atoms. The largest absolute Gasteiger partial charge is 0.346 e. The van der Waals surface area contributed by atoms with E-state index in [9.17, 15) is 23.2 Å². The van der Waals surface area contributed by atoms with Crippen molar-refractivity contribution in [1.29, 1.82) is 0 Å². The number of aromatic nitrogens is 2. The van der Waals surface area contributed by atoms with Crippen molar-refractivity contribution in [2.75, 3.05) is 6.54 Å². The summed E-state index contributed by atoms with van der Waals surface area (Å²) in [7, 11) is 0. The van der Waals surface area contributed by atoms with E-state index in [2.05, 4.69) is 10.4 Å². The molecule has 0 aliphatic carbocycles. The van der Waals surface area contributed by atoms with Gasteiger partial charge in [-0.05, 0) is 55.2 Å². The van der Waals surface area contributed by atoms with E-state index in [4.69, 9.17) is 0 Å². The van der Waals surface area contributed by atoms with Crippen LogP contribution in [0, 0.1) is 11.6 Å². The van der Waals surface area contributed by atoms with Gasteiger partial charge in [0, 0.05) is 23.5 Å². The molecule has 2 aromatic carbocycles. The van der Waals surface area contributed by atoms with Gasteiger partial charge in [-0.3, -0.25) is 24.0 Å². The quantitative estimate of drug-likeness (QED) is 0.372. The summed E-state index contributed by atoms with van der Waals surface area (Å²) in [5.41, 5.74) is 2.26. The first-order valence-electron chi connectivity index (χ1n) is 12.2. The van der Waals surface area contributed by atoms with Gasteiger partial charge in [0.2, 0.25) is 0 Å². The number of imide groups is 1. The van der Waals surface area contributed by atoms with Crippen molar-refractivity contribution in [3.05, 3.63) is 98.9 Å². The Kier molecular flexibility index (Phi) is 6.11. The maximum Gasteiger partial charge on any atom is 0.261 e. The highest BCUT2D eigenvalue weighted by Gasteiger charge is 2.37. The standard InChI is InChI=1S/C28H22F2N4O3S/c29-17-6-3-5-16(11-17)12-18(15-33-27(36)19-7-1-2-8-20(19)28(33)37)32-26(35)24-13-21-23(38-24)9-4-10-34-25(21)22(30)14-31-34/h1-3,5-8,11,13-14,18H,4,9-10,12,15H2,(H,32,35)/t18-/m0/s1. The molecule has 2 aromatic heterocycles. The van der Waals surface area contributed by atoms with Crippen LogP contribution in [0.5, 0.6) is 0 Å². The van der Waals surface area contributed by atoms with Crippen molar-refractivity contribution in [2.45, 2.75) is 31.8 Å². The van der Waals surface area contributed by atoms with E-state index in [0.717, 1.165) is 16.2 Å². The first-order valence-corrected chi connectivity index (χ1v) is 13.1. The smallest absolute Gasteiger partial charge is 0.261 e. The van der Waals surface area contributed by atoms with Crippen LogP contribution in [0.3, 0.4) is 0 Å². The molecule has 0 radical (unpaired) electrons. The molecule has 0 fully saturated rings. The molecule has 192 valence electrons.